The van der Waals surface area contributed by atoms with E-state index in [1.165, 1.54) is 17.4 Å². The van der Waals surface area contributed by atoms with Gasteiger partial charge in [0.25, 0.3) is 0 Å². The number of benzene rings is 1. The van der Waals surface area contributed by atoms with Gasteiger partial charge in [0.2, 0.25) is 0 Å². The molecule has 21 heavy (non-hydrogen) atoms. The molecule has 0 aliphatic heterocycles. The van der Waals surface area contributed by atoms with E-state index in [0.29, 0.717) is 6.54 Å². The summed E-state index contributed by atoms with van der Waals surface area (Å²) in [5.41, 5.74) is 2.57. The molecular weight excluding hydrogens is 284 g/mol. The maximum Gasteiger partial charge on any atom is 0.148 e. The number of nitrogens with zero attached hydrogens (tertiary/aromatic N) is 1. The zero-order valence-corrected chi connectivity index (χ0v) is 14.6. The highest BCUT2D eigenvalue weighted by molar-refractivity contribution is 7.90. The zero-order chi connectivity index (χ0) is 16.1. The topological polar surface area (TPSA) is 49.4 Å². The molecule has 0 aliphatic carbocycles. The fourth-order valence-electron chi connectivity index (χ4n) is 1.84. The van der Waals surface area contributed by atoms with Crippen LogP contribution in [0.1, 0.15) is 31.9 Å². The smallest absolute Gasteiger partial charge is 0.148 e. The third kappa shape index (κ3) is 8.86. The molecule has 4 nitrogen and oxygen atoms in total. The molecule has 1 rings (SSSR count). The van der Waals surface area contributed by atoms with Crippen LogP contribution in [-0.2, 0) is 22.9 Å². The van der Waals surface area contributed by atoms with Crippen LogP contribution in [0.2, 0.25) is 0 Å². The van der Waals surface area contributed by atoms with Crippen molar-refractivity contribution < 1.29 is 8.42 Å². The van der Waals surface area contributed by atoms with E-state index in [0.717, 1.165) is 13.1 Å². The molecule has 0 aromatic heterocycles. The summed E-state index contributed by atoms with van der Waals surface area (Å²) in [6, 6.07) is 8.46. The van der Waals surface area contributed by atoms with E-state index in [-0.39, 0.29) is 11.3 Å². The summed E-state index contributed by atoms with van der Waals surface area (Å²) in [4.78, 5) is 2.03. The Labute approximate surface area is 129 Å². The fourth-order valence-corrected chi connectivity index (χ4v) is 2.49. The molecule has 0 unspecified atom stereocenters. The van der Waals surface area contributed by atoms with Gasteiger partial charge in [-0.2, -0.15) is 0 Å². The molecule has 0 radical (unpaired) electrons. The zero-order valence-electron chi connectivity index (χ0n) is 13.8. The second-order valence-corrected chi connectivity index (χ2v) is 9.05. The number of nitrogens with one attached hydrogen (secondary N) is 1. The average Bonchev–Trinajstić information content (AvgIpc) is 2.34. The monoisotopic (exact) mass is 312 g/mol. The molecule has 0 saturated carbocycles. The standard InChI is InChI=1S/C16H28N2O2S/c1-16(2,3)17-12-14-6-8-15(9-7-14)13-18(4)10-11-21(5,19)20/h6-9,17H,10-13H2,1-5H3. The Morgan fingerprint density at radius 2 is 1.62 bits per heavy atom. The lowest BCUT2D eigenvalue weighted by Gasteiger charge is -2.21. The van der Waals surface area contributed by atoms with Crippen LogP contribution in [0, 0.1) is 0 Å². The fraction of sp³-hybridized carbons (Fsp3) is 0.625. The molecule has 0 fully saturated rings. The summed E-state index contributed by atoms with van der Waals surface area (Å²) in [6.07, 6.45) is 1.28. The van der Waals surface area contributed by atoms with Gasteiger partial charge in [-0.3, -0.25) is 0 Å². The minimum Gasteiger partial charge on any atom is -0.308 e. The van der Waals surface area contributed by atoms with Crippen LogP contribution >= 0.6 is 0 Å². The largest absolute Gasteiger partial charge is 0.308 e. The van der Waals surface area contributed by atoms with Crippen molar-refractivity contribution in [3.63, 3.8) is 0 Å². The molecular formula is C16H28N2O2S. The minimum absolute atomic E-state index is 0.116. The second-order valence-electron chi connectivity index (χ2n) is 6.79. The maximum absolute atomic E-state index is 11.2. The van der Waals surface area contributed by atoms with Crippen molar-refractivity contribution in [2.75, 3.05) is 25.6 Å². The molecule has 120 valence electrons. The number of sulfone groups is 1. The van der Waals surface area contributed by atoms with Crippen molar-refractivity contribution in [3.05, 3.63) is 35.4 Å². The molecule has 1 aromatic rings. The first-order valence-corrected chi connectivity index (χ1v) is 9.30. The van der Waals surface area contributed by atoms with Gasteiger partial charge in [0.15, 0.2) is 0 Å². The summed E-state index contributed by atoms with van der Waals surface area (Å²) >= 11 is 0. The average molecular weight is 312 g/mol. The molecule has 0 spiro atoms. The van der Waals surface area contributed by atoms with Gasteiger partial charge in [-0.25, -0.2) is 8.42 Å². The lowest BCUT2D eigenvalue weighted by molar-refractivity contribution is 0.346. The van der Waals surface area contributed by atoms with Crippen molar-refractivity contribution >= 4 is 9.84 Å². The van der Waals surface area contributed by atoms with E-state index in [1.54, 1.807) is 0 Å². The normalized spacial score (nSPS) is 12.9. The lowest BCUT2D eigenvalue weighted by atomic mass is 10.1. The predicted molar refractivity (Wildman–Crippen MR) is 89.1 cm³/mol. The molecule has 0 bridgehead atoms. The second kappa shape index (κ2) is 7.38. The van der Waals surface area contributed by atoms with Crippen LogP contribution in [0.5, 0.6) is 0 Å². The van der Waals surface area contributed by atoms with Crippen LogP contribution in [0.25, 0.3) is 0 Å². The van der Waals surface area contributed by atoms with Crippen molar-refractivity contribution in [3.8, 4) is 0 Å². The molecule has 1 N–H and O–H groups in total. The van der Waals surface area contributed by atoms with Crippen LogP contribution in [-0.4, -0.2) is 44.5 Å². The Morgan fingerprint density at radius 3 is 2.10 bits per heavy atom. The number of rotatable bonds is 7. The van der Waals surface area contributed by atoms with E-state index in [1.807, 2.05) is 11.9 Å². The predicted octanol–water partition coefficient (Wildman–Crippen LogP) is 2.05. The summed E-state index contributed by atoms with van der Waals surface area (Å²) in [5, 5.41) is 3.46. The van der Waals surface area contributed by atoms with Crippen molar-refractivity contribution in [1.29, 1.82) is 0 Å². The minimum atomic E-state index is -2.89. The van der Waals surface area contributed by atoms with Crippen molar-refractivity contribution in [1.82, 2.24) is 10.2 Å². The third-order valence-electron chi connectivity index (χ3n) is 3.14. The van der Waals surface area contributed by atoms with Crippen LogP contribution in [0.4, 0.5) is 0 Å². The third-order valence-corrected chi connectivity index (χ3v) is 4.07. The quantitative estimate of drug-likeness (QED) is 0.837. The molecule has 5 heteroatoms. The number of hydrogen-bond acceptors (Lipinski definition) is 4. The van der Waals surface area contributed by atoms with Crippen LogP contribution < -0.4 is 5.32 Å². The highest BCUT2D eigenvalue weighted by Gasteiger charge is 2.09. The van der Waals surface area contributed by atoms with Gasteiger partial charge in [0, 0.05) is 31.4 Å². The van der Waals surface area contributed by atoms with E-state index < -0.39 is 9.84 Å². The van der Waals surface area contributed by atoms with Crippen molar-refractivity contribution in [2.45, 2.75) is 39.4 Å². The van der Waals surface area contributed by atoms with Gasteiger partial charge in [0.1, 0.15) is 9.84 Å². The molecule has 0 aliphatic rings. The van der Waals surface area contributed by atoms with E-state index in [9.17, 15) is 8.42 Å². The highest BCUT2D eigenvalue weighted by atomic mass is 32.2. The Bertz CT molecular complexity index is 530. The molecule has 1 aromatic carbocycles. The van der Waals surface area contributed by atoms with E-state index in [4.69, 9.17) is 0 Å². The molecule has 0 heterocycles. The summed E-state index contributed by atoms with van der Waals surface area (Å²) in [5.74, 6) is 0.205. The van der Waals surface area contributed by atoms with Gasteiger partial charge in [0.05, 0.1) is 5.75 Å². The van der Waals surface area contributed by atoms with Gasteiger partial charge >= 0.3 is 0 Å². The van der Waals surface area contributed by atoms with Crippen LogP contribution in [0.15, 0.2) is 24.3 Å². The van der Waals surface area contributed by atoms with E-state index >= 15 is 0 Å². The lowest BCUT2D eigenvalue weighted by Crippen LogP contribution is -2.35. The SMILES string of the molecule is CN(CCS(C)(=O)=O)Cc1ccc(CNC(C)(C)C)cc1. The van der Waals surface area contributed by atoms with Crippen LogP contribution in [0.3, 0.4) is 0 Å². The first-order valence-electron chi connectivity index (χ1n) is 7.24. The Balaban J connectivity index is 2.47. The molecule has 0 saturated heterocycles. The highest BCUT2D eigenvalue weighted by Crippen LogP contribution is 2.08. The van der Waals surface area contributed by atoms with Gasteiger partial charge in [-0.05, 0) is 38.9 Å². The van der Waals surface area contributed by atoms with E-state index in [2.05, 4.69) is 50.4 Å². The first kappa shape index (κ1) is 18.1. The first-order chi connectivity index (χ1) is 9.55. The van der Waals surface area contributed by atoms with Crippen molar-refractivity contribution in [2.24, 2.45) is 0 Å². The van der Waals surface area contributed by atoms with Gasteiger partial charge in [-0.1, -0.05) is 24.3 Å². The number of hydrogen-bond donors (Lipinski definition) is 1. The Morgan fingerprint density at radius 1 is 1.10 bits per heavy atom. The Kier molecular flexibility index (Phi) is 6.38. The summed E-state index contributed by atoms with van der Waals surface area (Å²) in [6.45, 7) is 8.64. The van der Waals surface area contributed by atoms with Gasteiger partial charge < -0.3 is 10.2 Å². The maximum atomic E-state index is 11.2. The Hall–Kier alpha value is -0.910. The molecule has 0 atom stereocenters. The summed E-state index contributed by atoms with van der Waals surface area (Å²) < 4.78 is 22.3. The summed E-state index contributed by atoms with van der Waals surface area (Å²) in [7, 11) is -0.945. The van der Waals surface area contributed by atoms with Gasteiger partial charge in [-0.15, -0.1) is 0 Å². The molecule has 0 amide bonds.